The van der Waals surface area contributed by atoms with E-state index in [1.165, 1.54) is 24.2 Å². The van der Waals surface area contributed by atoms with Gasteiger partial charge < -0.3 is 20.0 Å². The van der Waals surface area contributed by atoms with Crippen molar-refractivity contribution in [3.63, 3.8) is 0 Å². The number of aromatic nitrogens is 1. The zero-order chi connectivity index (χ0) is 22.8. The summed E-state index contributed by atoms with van der Waals surface area (Å²) < 4.78 is 0. The summed E-state index contributed by atoms with van der Waals surface area (Å²) in [6, 6.07) is 8.91. The van der Waals surface area contributed by atoms with Crippen LogP contribution in [0, 0.1) is 0 Å². The number of benzene rings is 1. The number of hydrogen-bond donors (Lipinski definition) is 1. The topological polar surface area (TPSA) is 72.0 Å². The Morgan fingerprint density at radius 1 is 1.15 bits per heavy atom. The van der Waals surface area contributed by atoms with Crippen molar-refractivity contribution in [3.05, 3.63) is 40.8 Å². The molecular formula is C24H32N6O2S. The van der Waals surface area contributed by atoms with Crippen LogP contribution in [0.2, 0.25) is 0 Å². The third kappa shape index (κ3) is 5.05. The lowest BCUT2D eigenvalue weighted by atomic mass is 10.1. The monoisotopic (exact) mass is 468 g/mol. The van der Waals surface area contributed by atoms with Crippen LogP contribution in [0.4, 0.5) is 11.4 Å². The first-order valence-corrected chi connectivity index (χ1v) is 12.7. The number of piperidine rings is 1. The van der Waals surface area contributed by atoms with Gasteiger partial charge in [0.2, 0.25) is 5.91 Å². The van der Waals surface area contributed by atoms with E-state index >= 15 is 0 Å². The van der Waals surface area contributed by atoms with Crippen LogP contribution < -0.4 is 10.2 Å². The Labute approximate surface area is 199 Å². The quantitative estimate of drug-likeness (QED) is 0.726. The average Bonchev–Trinajstić information content (AvgIpc) is 3.49. The molecule has 0 bridgehead atoms. The molecule has 3 fully saturated rings. The van der Waals surface area contributed by atoms with Crippen molar-refractivity contribution in [1.82, 2.24) is 19.7 Å². The summed E-state index contributed by atoms with van der Waals surface area (Å²) in [4.78, 5) is 38.1. The van der Waals surface area contributed by atoms with E-state index in [9.17, 15) is 9.59 Å². The fourth-order valence-electron chi connectivity index (χ4n) is 5.22. The fraction of sp³-hybridized carbons (Fsp3) is 0.542. The Kier molecular flexibility index (Phi) is 6.62. The molecular weight excluding hydrogens is 436 g/mol. The third-order valence-electron chi connectivity index (χ3n) is 6.99. The molecule has 4 heterocycles. The summed E-state index contributed by atoms with van der Waals surface area (Å²) in [5, 5.41) is 6.05. The Hall–Kier alpha value is -2.49. The van der Waals surface area contributed by atoms with Gasteiger partial charge in [0, 0.05) is 80.7 Å². The summed E-state index contributed by atoms with van der Waals surface area (Å²) >= 11 is 1.39. The number of anilines is 2. The van der Waals surface area contributed by atoms with Crippen molar-refractivity contribution in [3.8, 4) is 0 Å². The van der Waals surface area contributed by atoms with Gasteiger partial charge in [-0.05, 0) is 44.6 Å². The van der Waals surface area contributed by atoms with Crippen molar-refractivity contribution in [2.24, 2.45) is 0 Å². The first-order chi connectivity index (χ1) is 16.1. The molecule has 1 aromatic heterocycles. The van der Waals surface area contributed by atoms with Crippen LogP contribution in [0.3, 0.4) is 0 Å². The highest BCUT2D eigenvalue weighted by Crippen LogP contribution is 2.28. The number of carbonyl (C=O) groups is 2. The molecule has 0 radical (unpaired) electrons. The number of amides is 2. The number of nitrogens with zero attached hydrogens (tertiary/aromatic N) is 5. The van der Waals surface area contributed by atoms with E-state index < -0.39 is 0 Å². The molecule has 2 atom stereocenters. The first kappa shape index (κ1) is 22.3. The highest BCUT2D eigenvalue weighted by molar-refractivity contribution is 7.11. The van der Waals surface area contributed by atoms with Crippen LogP contribution in [0.25, 0.3) is 0 Å². The predicted octanol–water partition coefficient (Wildman–Crippen LogP) is 2.21. The summed E-state index contributed by atoms with van der Waals surface area (Å²) in [5.74, 6) is 0.193. The van der Waals surface area contributed by atoms with Crippen LogP contribution in [0.5, 0.6) is 0 Å². The maximum absolute atomic E-state index is 12.9. The summed E-state index contributed by atoms with van der Waals surface area (Å²) in [6.45, 7) is 5.85. The van der Waals surface area contributed by atoms with Gasteiger partial charge in [-0.25, -0.2) is 4.98 Å². The molecule has 8 nitrogen and oxygen atoms in total. The Morgan fingerprint density at radius 2 is 2.00 bits per heavy atom. The number of carbonyl (C=O) groups excluding carboxylic acids is 2. The lowest BCUT2D eigenvalue weighted by molar-refractivity contribution is -0.117. The minimum absolute atomic E-state index is 0.0160. The molecule has 33 heavy (non-hydrogen) atoms. The molecule has 0 aliphatic carbocycles. The molecule has 176 valence electrons. The second-order valence-electron chi connectivity index (χ2n) is 9.32. The van der Waals surface area contributed by atoms with Crippen molar-refractivity contribution in [1.29, 1.82) is 0 Å². The maximum atomic E-state index is 12.9. The lowest BCUT2D eigenvalue weighted by Crippen LogP contribution is -2.52. The van der Waals surface area contributed by atoms with Gasteiger partial charge in [-0.1, -0.05) is 6.07 Å². The maximum Gasteiger partial charge on any atom is 0.282 e. The van der Waals surface area contributed by atoms with Crippen molar-refractivity contribution >= 4 is 34.5 Å². The smallest absolute Gasteiger partial charge is 0.282 e. The predicted molar refractivity (Wildman–Crippen MR) is 131 cm³/mol. The van der Waals surface area contributed by atoms with Crippen LogP contribution in [0.15, 0.2) is 35.8 Å². The number of likely N-dealkylation sites (N-methyl/N-ethyl adjacent to an activating group) is 1. The first-order valence-electron chi connectivity index (χ1n) is 11.8. The molecule has 2 unspecified atom stereocenters. The van der Waals surface area contributed by atoms with E-state index in [1.54, 1.807) is 6.20 Å². The molecule has 2 amide bonds. The molecule has 5 rings (SSSR count). The minimum Gasteiger partial charge on any atom is -0.381 e. The Bertz CT molecular complexity index is 975. The number of thiazole rings is 1. The number of hydrogen-bond acceptors (Lipinski definition) is 7. The van der Waals surface area contributed by atoms with Gasteiger partial charge in [0.1, 0.15) is 0 Å². The SMILES string of the molecule is CN1CCCC(Nc2cccc(N3CC(N4CCN(C(=O)c5nccs5)CC4)CC3=O)c2)C1. The zero-order valence-corrected chi connectivity index (χ0v) is 20.0. The molecule has 9 heteroatoms. The van der Waals surface area contributed by atoms with Gasteiger partial charge in [-0.15, -0.1) is 11.3 Å². The number of piperazine rings is 1. The molecule has 3 aliphatic heterocycles. The summed E-state index contributed by atoms with van der Waals surface area (Å²) in [6.07, 6.45) is 4.59. The number of likely N-dealkylation sites (tertiary alicyclic amines) is 1. The van der Waals surface area contributed by atoms with Crippen molar-refractivity contribution < 1.29 is 9.59 Å². The van der Waals surface area contributed by atoms with Gasteiger partial charge in [0.15, 0.2) is 5.01 Å². The standard InChI is InChI=1S/C24H32N6O2S/c1-27-8-3-5-19(16-27)26-18-4-2-6-20(14-18)30-17-21(15-22(30)31)28-9-11-29(12-10-28)24(32)23-25-7-13-33-23/h2,4,6-7,13-14,19,21,26H,3,5,8-12,15-17H2,1H3. The van der Waals surface area contributed by atoms with Gasteiger partial charge in [0.05, 0.1) is 0 Å². The van der Waals surface area contributed by atoms with Crippen LogP contribution in [0.1, 0.15) is 29.1 Å². The van der Waals surface area contributed by atoms with E-state index in [4.69, 9.17) is 0 Å². The summed E-state index contributed by atoms with van der Waals surface area (Å²) in [7, 11) is 2.17. The zero-order valence-electron chi connectivity index (χ0n) is 19.2. The second kappa shape index (κ2) is 9.79. The minimum atomic E-state index is 0.0160. The van der Waals surface area contributed by atoms with E-state index in [2.05, 4.69) is 39.3 Å². The van der Waals surface area contributed by atoms with Gasteiger partial charge in [-0.2, -0.15) is 0 Å². The normalized spacial score (nSPS) is 24.9. The third-order valence-corrected chi connectivity index (χ3v) is 7.75. The van der Waals surface area contributed by atoms with Crippen molar-refractivity contribution in [2.45, 2.75) is 31.3 Å². The highest BCUT2D eigenvalue weighted by Gasteiger charge is 2.36. The van der Waals surface area contributed by atoms with E-state index in [-0.39, 0.29) is 17.9 Å². The van der Waals surface area contributed by atoms with Gasteiger partial charge in [0.25, 0.3) is 5.91 Å². The van der Waals surface area contributed by atoms with Crippen LogP contribution in [-0.2, 0) is 4.79 Å². The Morgan fingerprint density at radius 3 is 2.76 bits per heavy atom. The molecule has 3 saturated heterocycles. The van der Waals surface area contributed by atoms with Gasteiger partial charge in [-0.3, -0.25) is 14.5 Å². The highest BCUT2D eigenvalue weighted by atomic mass is 32.1. The molecule has 1 aromatic carbocycles. The lowest BCUT2D eigenvalue weighted by Gasteiger charge is -2.37. The van der Waals surface area contributed by atoms with E-state index in [0.29, 0.717) is 37.1 Å². The molecule has 3 aliphatic rings. The van der Waals surface area contributed by atoms with E-state index in [1.807, 2.05) is 27.3 Å². The van der Waals surface area contributed by atoms with E-state index in [0.717, 1.165) is 37.6 Å². The van der Waals surface area contributed by atoms with Gasteiger partial charge >= 0.3 is 0 Å². The largest absolute Gasteiger partial charge is 0.381 e. The summed E-state index contributed by atoms with van der Waals surface area (Å²) in [5.41, 5.74) is 2.05. The average molecular weight is 469 g/mol. The molecule has 1 N–H and O–H groups in total. The fourth-order valence-corrected chi connectivity index (χ4v) is 5.82. The molecule has 2 aromatic rings. The number of rotatable bonds is 5. The van der Waals surface area contributed by atoms with Crippen LogP contribution >= 0.6 is 11.3 Å². The second-order valence-corrected chi connectivity index (χ2v) is 10.2. The molecule has 0 spiro atoms. The Balaban J connectivity index is 1.18. The van der Waals surface area contributed by atoms with Crippen molar-refractivity contribution in [2.75, 3.05) is 63.1 Å². The van der Waals surface area contributed by atoms with Crippen LogP contribution in [-0.4, -0.2) is 96.4 Å². The number of nitrogens with one attached hydrogen (secondary N) is 1. The molecule has 0 saturated carbocycles.